The van der Waals surface area contributed by atoms with E-state index in [4.69, 9.17) is 9.47 Å². The lowest BCUT2D eigenvalue weighted by Gasteiger charge is -2.21. The van der Waals surface area contributed by atoms with Crippen LogP contribution < -0.4 is 11.5 Å². The minimum atomic E-state index is -1.36. The molecule has 6 N–H and O–H groups in total. The van der Waals surface area contributed by atoms with Crippen LogP contribution in [0.1, 0.15) is 82.4 Å². The van der Waals surface area contributed by atoms with E-state index < -0.39 is 17.4 Å². The Labute approximate surface area is 281 Å². The smallest absolute Gasteiger partial charge is 0.324 e. The maximum Gasteiger partial charge on any atom is 0.324 e. The van der Waals surface area contributed by atoms with Gasteiger partial charge in [-0.25, -0.2) is 0 Å². The molecule has 0 aromatic heterocycles. The molecule has 0 spiro atoms. The number of carbonyl (C=O) groups is 2. The van der Waals surface area contributed by atoms with Crippen LogP contribution in [0.5, 0.6) is 0 Å². The molecule has 0 aliphatic heterocycles. The highest BCUT2D eigenvalue weighted by Gasteiger charge is 2.79. The van der Waals surface area contributed by atoms with Gasteiger partial charge in [0.1, 0.15) is 0 Å². The first-order valence-electron chi connectivity index (χ1n) is 18.5. The van der Waals surface area contributed by atoms with Crippen LogP contribution in [0.15, 0.2) is 30.3 Å². The second kappa shape index (κ2) is 8.26. The Morgan fingerprint density at radius 2 is 1.18 bits per heavy atom. The third kappa shape index (κ3) is 2.57. The van der Waals surface area contributed by atoms with E-state index in [1.165, 1.54) is 109 Å². The molecule has 0 heterocycles. The standard InChI is InChI=1S/C43H34N2O4/c44-7-2-1-3-9-48-41(46)43(42(47)49-10-4-8-45)39-23-15-21-13-19-11-17-5-6-18-12-20-14-22-16-24(40(39)43)32-31(23)35-29(21)27(19)33-25(17)26(18)34-28(20)30(22)36(32)38(35)37(33)34/h5-6,11,15-16,20,39-40H,1-4,7-10,12-14,44-45H2/p+2. The van der Waals surface area contributed by atoms with E-state index in [-0.39, 0.29) is 18.4 Å². The molecule has 13 rings (SSSR count). The first-order valence-corrected chi connectivity index (χ1v) is 18.5. The van der Waals surface area contributed by atoms with Crippen molar-refractivity contribution < 1.29 is 30.5 Å². The Hall–Kier alpha value is -4.52. The lowest BCUT2D eigenvalue weighted by atomic mass is 9.82. The van der Waals surface area contributed by atoms with Crippen LogP contribution >= 0.6 is 0 Å². The Kier molecular flexibility index (Phi) is 4.44. The quantitative estimate of drug-likeness (QED) is 0.0834. The van der Waals surface area contributed by atoms with Gasteiger partial charge in [0.15, 0.2) is 5.41 Å². The Morgan fingerprint density at radius 3 is 1.94 bits per heavy atom. The summed E-state index contributed by atoms with van der Waals surface area (Å²) < 4.78 is 12.1. The van der Waals surface area contributed by atoms with Crippen molar-refractivity contribution in [2.45, 2.75) is 62.7 Å². The van der Waals surface area contributed by atoms with Crippen molar-refractivity contribution in [2.24, 2.45) is 5.41 Å². The van der Waals surface area contributed by atoms with Crippen molar-refractivity contribution in [2.75, 3.05) is 26.3 Å². The minimum absolute atomic E-state index is 0.272. The summed E-state index contributed by atoms with van der Waals surface area (Å²) in [5, 5.41) is 20.1. The summed E-state index contributed by atoms with van der Waals surface area (Å²) in [6, 6.07) is 12.1. The fraction of sp³-hybridized carbons (Fsp3) is 0.349. The fourth-order valence-corrected chi connectivity index (χ4v) is 12.3. The summed E-state index contributed by atoms with van der Waals surface area (Å²) in [6.45, 7) is 2.14. The van der Waals surface area contributed by atoms with Gasteiger partial charge in [-0.1, -0.05) is 30.3 Å². The maximum absolute atomic E-state index is 14.6. The molecule has 49 heavy (non-hydrogen) atoms. The molecule has 0 radical (unpaired) electrons. The van der Waals surface area contributed by atoms with Crippen molar-refractivity contribution >= 4 is 87.3 Å². The van der Waals surface area contributed by atoms with Crippen molar-refractivity contribution in [3.05, 3.63) is 69.3 Å². The number of esters is 2. The lowest BCUT2D eigenvalue weighted by molar-refractivity contribution is -0.369. The summed E-state index contributed by atoms with van der Waals surface area (Å²) in [5.41, 5.74) is 16.1. The zero-order valence-electron chi connectivity index (χ0n) is 27.4. The van der Waals surface area contributed by atoms with E-state index in [0.29, 0.717) is 25.5 Å². The first-order chi connectivity index (χ1) is 24.1. The number of quaternary nitrogens is 2. The van der Waals surface area contributed by atoms with Gasteiger partial charge in [0.25, 0.3) is 0 Å². The van der Waals surface area contributed by atoms with Crippen LogP contribution in [-0.4, -0.2) is 38.2 Å². The van der Waals surface area contributed by atoms with Crippen LogP contribution in [0.4, 0.5) is 0 Å². The van der Waals surface area contributed by atoms with Crippen LogP contribution in [0.2, 0.25) is 0 Å². The number of benzene rings is 6. The van der Waals surface area contributed by atoms with Crippen molar-refractivity contribution in [1.29, 1.82) is 0 Å². The zero-order valence-corrected chi connectivity index (χ0v) is 27.4. The summed E-state index contributed by atoms with van der Waals surface area (Å²) >= 11 is 0. The third-order valence-electron chi connectivity index (χ3n) is 13.9. The fourth-order valence-electron chi connectivity index (χ4n) is 12.3. The number of carbonyl (C=O) groups excluding carboxylic acids is 2. The lowest BCUT2D eigenvalue weighted by Crippen LogP contribution is -2.50. The molecule has 4 atom stereocenters. The molecule has 1 fully saturated rings. The van der Waals surface area contributed by atoms with Crippen molar-refractivity contribution in [1.82, 2.24) is 0 Å². The highest BCUT2D eigenvalue weighted by atomic mass is 16.6. The molecule has 8 aromatic carbocycles. The van der Waals surface area contributed by atoms with Gasteiger partial charge in [-0.2, -0.15) is 0 Å². The molecular formula is C43H36N2O4+2. The number of rotatable bonds is 10. The topological polar surface area (TPSA) is 108 Å². The number of hydrogen-bond acceptors (Lipinski definition) is 4. The molecular weight excluding hydrogens is 608 g/mol. The van der Waals surface area contributed by atoms with E-state index in [9.17, 15) is 9.59 Å². The normalized spacial score (nSPS) is 23.8. The van der Waals surface area contributed by atoms with Gasteiger partial charge in [0.05, 0.1) is 26.3 Å². The van der Waals surface area contributed by atoms with Gasteiger partial charge in [0, 0.05) is 18.3 Å². The number of fused-ring (bicyclic) bond motifs is 3. The van der Waals surface area contributed by atoms with Gasteiger partial charge < -0.3 is 20.9 Å². The molecule has 4 unspecified atom stereocenters. The van der Waals surface area contributed by atoms with Crippen LogP contribution in [-0.2, 0) is 38.3 Å². The maximum atomic E-state index is 14.6. The van der Waals surface area contributed by atoms with Crippen LogP contribution in [0, 0.1) is 5.41 Å². The van der Waals surface area contributed by atoms with Gasteiger partial charge >= 0.3 is 11.9 Å². The average Bonchev–Trinajstić information content (AvgIpc) is 3.40. The average molecular weight is 645 g/mol. The Morgan fingerprint density at radius 1 is 0.592 bits per heavy atom. The molecule has 0 amide bonds. The Balaban J connectivity index is 1.14. The molecule has 1 saturated carbocycles. The first kappa shape index (κ1) is 26.4. The zero-order chi connectivity index (χ0) is 32.2. The van der Waals surface area contributed by atoms with E-state index in [1.807, 2.05) is 0 Å². The second-order valence-electron chi connectivity index (χ2n) is 16.0. The molecule has 0 saturated heterocycles. The van der Waals surface area contributed by atoms with Gasteiger partial charge in [-0.3, -0.25) is 9.59 Å². The molecule has 0 bridgehead atoms. The molecule has 240 valence electrons. The van der Waals surface area contributed by atoms with Crippen LogP contribution in [0.25, 0.3) is 75.4 Å². The van der Waals surface area contributed by atoms with Crippen molar-refractivity contribution in [3.63, 3.8) is 0 Å². The SMILES string of the molecule is [NH3+]CCCCCOC(=O)C1(C(=O)OCCC[NH3+])C2c3cc4c5c6c7c8c(ccc9cc%10c%11c%12c(cc(c%13c3c5c(c%13%12)c7c%11c98)C21)C%10)CC6C4. The van der Waals surface area contributed by atoms with Crippen LogP contribution in [0.3, 0.4) is 0 Å². The number of unbranched alkanes of at least 4 members (excludes halogenated alkanes) is 2. The summed E-state index contributed by atoms with van der Waals surface area (Å²) in [4.78, 5) is 29.1. The second-order valence-corrected chi connectivity index (χ2v) is 16.0. The molecule has 6 nitrogen and oxygen atoms in total. The highest BCUT2D eigenvalue weighted by Crippen LogP contribution is 2.77. The van der Waals surface area contributed by atoms with E-state index in [0.717, 1.165) is 45.1 Å². The van der Waals surface area contributed by atoms with Gasteiger partial charge in [0.2, 0.25) is 0 Å². The monoisotopic (exact) mass is 644 g/mol. The third-order valence-corrected chi connectivity index (χ3v) is 13.9. The van der Waals surface area contributed by atoms with E-state index in [1.54, 1.807) is 5.56 Å². The minimum Gasteiger partial charge on any atom is -0.465 e. The highest BCUT2D eigenvalue weighted by molar-refractivity contribution is 6.55. The molecule has 5 aliphatic carbocycles. The van der Waals surface area contributed by atoms with E-state index >= 15 is 0 Å². The number of hydrogen-bond donors (Lipinski definition) is 2. The van der Waals surface area contributed by atoms with E-state index in [2.05, 4.69) is 41.8 Å². The molecule has 5 aliphatic rings. The van der Waals surface area contributed by atoms with Gasteiger partial charge in [-0.15, -0.1) is 0 Å². The summed E-state index contributed by atoms with van der Waals surface area (Å²) in [6.07, 6.45) is 6.38. The Bertz CT molecular complexity index is 2850. The number of ether oxygens (including phenoxy) is 2. The summed E-state index contributed by atoms with van der Waals surface area (Å²) in [5.74, 6) is -0.916. The predicted octanol–water partition coefficient (Wildman–Crippen LogP) is 5.92. The summed E-state index contributed by atoms with van der Waals surface area (Å²) in [7, 11) is 0. The molecule has 6 heteroatoms. The van der Waals surface area contributed by atoms with Gasteiger partial charge in [-0.05, 0) is 159 Å². The van der Waals surface area contributed by atoms with Crippen molar-refractivity contribution in [3.8, 4) is 0 Å². The molecule has 8 aromatic rings. The largest absolute Gasteiger partial charge is 0.465 e. The predicted molar refractivity (Wildman–Crippen MR) is 190 cm³/mol.